The molecule has 2 N–H and O–H groups in total. The molecule has 0 bridgehead atoms. The predicted molar refractivity (Wildman–Crippen MR) is 141 cm³/mol. The third-order valence-electron chi connectivity index (χ3n) is 6.00. The standard InChI is InChI=1S/C27H27N7O4/c1-2-37-22-7-3-4-8-23(22)38-20-12-19(13-28-14-20)21-15-29-16-24(31-21)32-27-30-10-9-25(33-27)34-11-5-6-18(17-34)26(35)36/h3-4,7-10,12-16,18H,2,5-6,11,17H2,1H3,(H,35,36)(H,30,31,32,33)/t18-/m1/s1. The monoisotopic (exact) mass is 513 g/mol. The Labute approximate surface area is 219 Å². The number of aliphatic carboxylic acids is 1. The maximum Gasteiger partial charge on any atom is 0.308 e. The van der Waals surface area contributed by atoms with Crippen molar-refractivity contribution >= 4 is 23.6 Å². The Morgan fingerprint density at radius 3 is 2.79 bits per heavy atom. The van der Waals surface area contributed by atoms with E-state index in [2.05, 4.69) is 30.2 Å². The van der Waals surface area contributed by atoms with E-state index in [1.54, 1.807) is 37.1 Å². The molecule has 0 amide bonds. The lowest BCUT2D eigenvalue weighted by atomic mass is 9.98. The molecule has 5 rings (SSSR count). The summed E-state index contributed by atoms with van der Waals surface area (Å²) in [6, 6.07) is 11.1. The number of anilines is 3. The number of hydrogen-bond donors (Lipinski definition) is 2. The van der Waals surface area contributed by atoms with Gasteiger partial charge >= 0.3 is 5.97 Å². The summed E-state index contributed by atoms with van der Waals surface area (Å²) in [5.74, 6) is 2.05. The zero-order valence-electron chi connectivity index (χ0n) is 20.8. The van der Waals surface area contributed by atoms with Crippen LogP contribution in [0, 0.1) is 5.92 Å². The number of benzene rings is 1. The van der Waals surface area contributed by atoms with Gasteiger partial charge in [0, 0.05) is 31.0 Å². The summed E-state index contributed by atoms with van der Waals surface area (Å²) < 4.78 is 11.7. The second-order valence-electron chi connectivity index (χ2n) is 8.67. The molecule has 38 heavy (non-hydrogen) atoms. The van der Waals surface area contributed by atoms with E-state index in [0.717, 1.165) is 18.5 Å². The molecule has 0 saturated carbocycles. The van der Waals surface area contributed by atoms with Crippen LogP contribution in [0.5, 0.6) is 17.2 Å². The first kappa shape index (κ1) is 24.9. The average Bonchev–Trinajstić information content (AvgIpc) is 2.95. The quantitative estimate of drug-likeness (QED) is 0.326. The Bertz CT molecular complexity index is 1420. The first-order chi connectivity index (χ1) is 18.6. The van der Waals surface area contributed by atoms with E-state index < -0.39 is 11.9 Å². The molecular weight excluding hydrogens is 486 g/mol. The van der Waals surface area contributed by atoms with Crippen LogP contribution in [0.2, 0.25) is 0 Å². The van der Waals surface area contributed by atoms with Crippen LogP contribution in [-0.2, 0) is 4.79 Å². The number of carboxylic acid groups (broad SMARTS) is 1. The average molecular weight is 514 g/mol. The number of carboxylic acids is 1. The Kier molecular flexibility index (Phi) is 7.53. The number of rotatable bonds is 9. The van der Waals surface area contributed by atoms with Gasteiger partial charge in [0.05, 0.1) is 36.8 Å². The van der Waals surface area contributed by atoms with Gasteiger partial charge in [-0.2, -0.15) is 4.98 Å². The summed E-state index contributed by atoms with van der Waals surface area (Å²) >= 11 is 0. The van der Waals surface area contributed by atoms with Gasteiger partial charge in [-0.05, 0) is 44.0 Å². The third-order valence-corrected chi connectivity index (χ3v) is 6.00. The number of nitrogens with zero attached hydrogens (tertiary/aromatic N) is 6. The maximum atomic E-state index is 11.4. The topological polar surface area (TPSA) is 135 Å². The molecule has 11 nitrogen and oxygen atoms in total. The molecule has 11 heteroatoms. The Hall–Kier alpha value is -4.80. The summed E-state index contributed by atoms with van der Waals surface area (Å²) in [6.45, 7) is 3.61. The summed E-state index contributed by atoms with van der Waals surface area (Å²) in [5, 5.41) is 12.5. The number of ether oxygens (including phenoxy) is 2. The molecular formula is C27H27N7O4. The first-order valence-corrected chi connectivity index (χ1v) is 12.3. The van der Waals surface area contributed by atoms with Crippen molar-refractivity contribution in [3.05, 3.63) is 67.4 Å². The first-order valence-electron chi connectivity index (χ1n) is 12.3. The van der Waals surface area contributed by atoms with Crippen LogP contribution >= 0.6 is 0 Å². The van der Waals surface area contributed by atoms with Crippen molar-refractivity contribution < 1.29 is 19.4 Å². The SMILES string of the molecule is CCOc1ccccc1Oc1cncc(-c2cncc(Nc3nccc(N4CCC[C@@H](C(=O)O)C4)n3)n2)c1. The predicted octanol–water partition coefficient (Wildman–Crippen LogP) is 4.56. The number of para-hydroxylation sites is 2. The Balaban J connectivity index is 1.32. The molecule has 1 aliphatic heterocycles. The van der Waals surface area contributed by atoms with Crippen molar-refractivity contribution in [2.45, 2.75) is 19.8 Å². The summed E-state index contributed by atoms with van der Waals surface area (Å²) in [7, 11) is 0. The fraction of sp³-hybridized carbons (Fsp3) is 0.259. The van der Waals surface area contributed by atoms with E-state index >= 15 is 0 Å². The van der Waals surface area contributed by atoms with Crippen LogP contribution < -0.4 is 19.7 Å². The molecule has 1 saturated heterocycles. The lowest BCUT2D eigenvalue weighted by Crippen LogP contribution is -2.39. The van der Waals surface area contributed by atoms with E-state index in [1.165, 1.54) is 0 Å². The third kappa shape index (κ3) is 5.94. The molecule has 194 valence electrons. The van der Waals surface area contributed by atoms with E-state index in [9.17, 15) is 9.90 Å². The molecule has 3 aromatic heterocycles. The molecule has 1 atom stereocenters. The van der Waals surface area contributed by atoms with Crippen LogP contribution in [0.1, 0.15) is 19.8 Å². The van der Waals surface area contributed by atoms with Gasteiger partial charge in [0.25, 0.3) is 0 Å². The van der Waals surface area contributed by atoms with Gasteiger partial charge in [-0.3, -0.25) is 14.8 Å². The minimum absolute atomic E-state index is 0.342. The van der Waals surface area contributed by atoms with E-state index in [4.69, 9.17) is 9.47 Å². The second kappa shape index (κ2) is 11.5. The highest BCUT2D eigenvalue weighted by Crippen LogP contribution is 2.32. The van der Waals surface area contributed by atoms with Gasteiger partial charge in [-0.25, -0.2) is 9.97 Å². The molecule has 4 aromatic rings. The normalized spacial score (nSPS) is 15.1. The zero-order chi connectivity index (χ0) is 26.3. The minimum atomic E-state index is -0.781. The maximum absolute atomic E-state index is 11.4. The minimum Gasteiger partial charge on any atom is -0.490 e. The molecule has 1 aliphatic rings. The van der Waals surface area contributed by atoms with Crippen molar-refractivity contribution in [2.75, 3.05) is 29.9 Å². The Morgan fingerprint density at radius 2 is 1.95 bits per heavy atom. The highest BCUT2D eigenvalue weighted by Gasteiger charge is 2.26. The van der Waals surface area contributed by atoms with Crippen molar-refractivity contribution in [3.63, 3.8) is 0 Å². The number of nitrogens with one attached hydrogen (secondary N) is 1. The smallest absolute Gasteiger partial charge is 0.308 e. The largest absolute Gasteiger partial charge is 0.490 e. The molecule has 0 unspecified atom stereocenters. The van der Waals surface area contributed by atoms with Crippen LogP contribution in [0.4, 0.5) is 17.6 Å². The lowest BCUT2D eigenvalue weighted by molar-refractivity contribution is -0.141. The van der Waals surface area contributed by atoms with E-state index in [0.29, 0.717) is 60.1 Å². The molecule has 1 aromatic carbocycles. The number of pyridine rings is 1. The highest BCUT2D eigenvalue weighted by atomic mass is 16.5. The van der Waals surface area contributed by atoms with Crippen LogP contribution in [0.15, 0.2) is 67.4 Å². The van der Waals surface area contributed by atoms with Crippen molar-refractivity contribution in [1.29, 1.82) is 0 Å². The Morgan fingerprint density at radius 1 is 1.11 bits per heavy atom. The fourth-order valence-electron chi connectivity index (χ4n) is 4.20. The van der Waals surface area contributed by atoms with Crippen molar-refractivity contribution in [1.82, 2.24) is 24.9 Å². The summed E-state index contributed by atoms with van der Waals surface area (Å²) in [6.07, 6.45) is 9.62. The molecule has 0 radical (unpaired) electrons. The molecule has 0 spiro atoms. The number of hydrogen-bond acceptors (Lipinski definition) is 10. The van der Waals surface area contributed by atoms with E-state index in [-0.39, 0.29) is 0 Å². The van der Waals surface area contributed by atoms with Gasteiger partial charge < -0.3 is 24.8 Å². The van der Waals surface area contributed by atoms with Crippen molar-refractivity contribution in [2.24, 2.45) is 5.92 Å². The highest BCUT2D eigenvalue weighted by molar-refractivity contribution is 5.71. The van der Waals surface area contributed by atoms with Gasteiger partial charge in [-0.1, -0.05) is 12.1 Å². The second-order valence-corrected chi connectivity index (χ2v) is 8.67. The fourth-order valence-corrected chi connectivity index (χ4v) is 4.20. The van der Waals surface area contributed by atoms with Gasteiger partial charge in [0.1, 0.15) is 11.6 Å². The van der Waals surface area contributed by atoms with Crippen LogP contribution in [-0.4, -0.2) is 55.7 Å². The summed E-state index contributed by atoms with van der Waals surface area (Å²) in [5.41, 5.74) is 1.30. The number of aromatic nitrogens is 5. The van der Waals surface area contributed by atoms with Crippen LogP contribution in [0.25, 0.3) is 11.3 Å². The summed E-state index contributed by atoms with van der Waals surface area (Å²) in [4.78, 5) is 35.5. The van der Waals surface area contributed by atoms with Gasteiger partial charge in [-0.15, -0.1) is 0 Å². The van der Waals surface area contributed by atoms with Gasteiger partial charge in [0.2, 0.25) is 5.95 Å². The van der Waals surface area contributed by atoms with Crippen molar-refractivity contribution in [3.8, 4) is 28.5 Å². The van der Waals surface area contributed by atoms with E-state index in [1.807, 2.05) is 42.2 Å². The number of carbonyl (C=O) groups is 1. The van der Waals surface area contributed by atoms with Gasteiger partial charge in [0.15, 0.2) is 17.3 Å². The number of piperidine rings is 1. The van der Waals surface area contributed by atoms with Crippen LogP contribution in [0.3, 0.4) is 0 Å². The zero-order valence-corrected chi connectivity index (χ0v) is 20.8. The molecule has 1 fully saturated rings. The molecule has 0 aliphatic carbocycles. The lowest BCUT2D eigenvalue weighted by Gasteiger charge is -2.31. The molecule has 4 heterocycles.